The number of benzene rings is 2. The molecule has 0 radical (unpaired) electrons. The van der Waals surface area contributed by atoms with E-state index >= 15 is 0 Å². The number of fused-ring (bicyclic) bond motifs is 1. The quantitative estimate of drug-likeness (QED) is 0.711. The summed E-state index contributed by atoms with van der Waals surface area (Å²) in [6.45, 7) is 6.63. The van der Waals surface area contributed by atoms with E-state index in [2.05, 4.69) is 5.32 Å². The van der Waals surface area contributed by atoms with Crippen molar-refractivity contribution in [1.29, 1.82) is 0 Å². The van der Waals surface area contributed by atoms with Crippen molar-refractivity contribution in [3.8, 4) is 17.2 Å². The van der Waals surface area contributed by atoms with E-state index in [0.29, 0.717) is 25.9 Å². The normalized spacial score (nSPS) is 17.2. The molecule has 1 atom stereocenters. The topological polar surface area (TPSA) is 56.8 Å². The van der Waals surface area contributed by atoms with Gasteiger partial charge in [0.2, 0.25) is 5.91 Å². The Labute approximate surface area is 167 Å². The van der Waals surface area contributed by atoms with Crippen LogP contribution >= 0.6 is 0 Å². The summed E-state index contributed by atoms with van der Waals surface area (Å²) in [5, 5.41) is 3.16. The summed E-state index contributed by atoms with van der Waals surface area (Å²) in [4.78, 5) is 12.5. The largest absolute Gasteiger partial charge is 0.497 e. The molecule has 0 aliphatic carbocycles. The highest BCUT2D eigenvalue weighted by Crippen LogP contribution is 2.41. The third kappa shape index (κ3) is 5.18. The molecule has 3 rings (SSSR count). The van der Waals surface area contributed by atoms with Gasteiger partial charge in [0.05, 0.1) is 19.8 Å². The van der Waals surface area contributed by atoms with Gasteiger partial charge in [-0.15, -0.1) is 0 Å². The number of methoxy groups -OCH3 is 1. The van der Waals surface area contributed by atoms with Gasteiger partial charge in [0.25, 0.3) is 0 Å². The van der Waals surface area contributed by atoms with Gasteiger partial charge in [-0.2, -0.15) is 0 Å². The second-order valence-electron chi connectivity index (χ2n) is 7.85. The minimum atomic E-state index is -0.339. The molecule has 1 unspecified atom stereocenters. The summed E-state index contributed by atoms with van der Waals surface area (Å²) in [7, 11) is 1.64. The standard InChI is InChI=1S/C23H29NO4/c1-16-7-9-17(10-8-16)27-13-5-6-22(25)24-20-15-23(2,3)28-21-12-11-18(26-4)14-19(20)21/h7-12,14,20H,5-6,13,15H2,1-4H3,(H,24,25). The van der Waals surface area contributed by atoms with E-state index in [1.54, 1.807) is 7.11 Å². The maximum atomic E-state index is 12.5. The Hall–Kier alpha value is -2.69. The van der Waals surface area contributed by atoms with Gasteiger partial charge in [-0.1, -0.05) is 17.7 Å². The van der Waals surface area contributed by atoms with Crippen LogP contribution < -0.4 is 19.5 Å². The molecule has 0 bridgehead atoms. The fraction of sp³-hybridized carbons (Fsp3) is 0.435. The van der Waals surface area contributed by atoms with Crippen molar-refractivity contribution in [2.24, 2.45) is 0 Å². The molecule has 1 aliphatic heterocycles. The zero-order valence-corrected chi connectivity index (χ0v) is 17.1. The molecule has 1 amide bonds. The van der Waals surface area contributed by atoms with Gasteiger partial charge in [0, 0.05) is 18.4 Å². The van der Waals surface area contributed by atoms with Crippen molar-refractivity contribution in [3.63, 3.8) is 0 Å². The number of nitrogens with one attached hydrogen (secondary N) is 1. The fourth-order valence-electron chi connectivity index (χ4n) is 3.41. The van der Waals surface area contributed by atoms with Gasteiger partial charge in [0.15, 0.2) is 0 Å². The summed E-state index contributed by atoms with van der Waals surface area (Å²) < 4.78 is 17.1. The predicted molar refractivity (Wildman–Crippen MR) is 109 cm³/mol. The van der Waals surface area contributed by atoms with Crippen LogP contribution in [0, 0.1) is 6.92 Å². The van der Waals surface area contributed by atoms with Crippen molar-refractivity contribution < 1.29 is 19.0 Å². The number of aryl methyl sites for hydroxylation is 1. The van der Waals surface area contributed by atoms with Crippen molar-refractivity contribution >= 4 is 5.91 Å². The Morgan fingerprint density at radius 1 is 1.18 bits per heavy atom. The highest BCUT2D eigenvalue weighted by atomic mass is 16.5. The minimum absolute atomic E-state index is 0.0176. The van der Waals surface area contributed by atoms with Gasteiger partial charge < -0.3 is 19.5 Å². The van der Waals surface area contributed by atoms with E-state index < -0.39 is 0 Å². The summed E-state index contributed by atoms with van der Waals surface area (Å²) in [6, 6.07) is 13.6. The first-order valence-electron chi connectivity index (χ1n) is 9.72. The monoisotopic (exact) mass is 383 g/mol. The lowest BCUT2D eigenvalue weighted by atomic mass is 9.89. The Morgan fingerprint density at radius 2 is 1.89 bits per heavy atom. The van der Waals surface area contributed by atoms with Crippen LogP contribution in [0.4, 0.5) is 0 Å². The van der Waals surface area contributed by atoms with Crippen LogP contribution in [-0.4, -0.2) is 25.2 Å². The second-order valence-corrected chi connectivity index (χ2v) is 7.85. The van der Waals surface area contributed by atoms with Crippen LogP contribution in [0.2, 0.25) is 0 Å². The number of ether oxygens (including phenoxy) is 3. The van der Waals surface area contributed by atoms with E-state index in [1.165, 1.54) is 5.56 Å². The minimum Gasteiger partial charge on any atom is -0.497 e. The Balaban J connectivity index is 1.55. The third-order valence-corrected chi connectivity index (χ3v) is 4.85. The lowest BCUT2D eigenvalue weighted by Crippen LogP contribution is -2.41. The number of rotatable bonds is 7. The lowest BCUT2D eigenvalue weighted by Gasteiger charge is -2.38. The smallest absolute Gasteiger partial charge is 0.220 e. The number of carbonyl (C=O) groups excluding carboxylic acids is 1. The Morgan fingerprint density at radius 3 is 2.61 bits per heavy atom. The molecule has 2 aromatic rings. The van der Waals surface area contributed by atoms with Crippen molar-refractivity contribution in [3.05, 3.63) is 53.6 Å². The number of carbonyl (C=O) groups is 1. The molecule has 0 fully saturated rings. The molecule has 0 saturated heterocycles. The number of hydrogen-bond acceptors (Lipinski definition) is 4. The van der Waals surface area contributed by atoms with Crippen LogP contribution in [0.1, 0.15) is 50.3 Å². The average molecular weight is 383 g/mol. The molecule has 1 aliphatic rings. The number of amides is 1. The van der Waals surface area contributed by atoms with E-state index in [9.17, 15) is 4.79 Å². The van der Waals surface area contributed by atoms with Crippen LogP contribution in [-0.2, 0) is 4.79 Å². The average Bonchev–Trinajstić information content (AvgIpc) is 2.65. The zero-order chi connectivity index (χ0) is 20.1. The van der Waals surface area contributed by atoms with Gasteiger partial charge in [-0.3, -0.25) is 4.79 Å². The second kappa shape index (κ2) is 8.55. The third-order valence-electron chi connectivity index (χ3n) is 4.85. The zero-order valence-electron chi connectivity index (χ0n) is 17.1. The van der Waals surface area contributed by atoms with Crippen LogP contribution in [0.15, 0.2) is 42.5 Å². The number of hydrogen-bond donors (Lipinski definition) is 1. The highest BCUT2D eigenvalue weighted by molar-refractivity contribution is 5.76. The molecule has 5 heteroatoms. The van der Waals surface area contributed by atoms with E-state index in [1.807, 2.05) is 63.2 Å². The van der Waals surface area contributed by atoms with Gasteiger partial charge in [-0.25, -0.2) is 0 Å². The van der Waals surface area contributed by atoms with Gasteiger partial charge in [-0.05, 0) is 57.5 Å². The van der Waals surface area contributed by atoms with Crippen molar-refractivity contribution in [2.75, 3.05) is 13.7 Å². The molecule has 1 heterocycles. The molecule has 1 N–H and O–H groups in total. The Kier molecular flexibility index (Phi) is 6.12. The van der Waals surface area contributed by atoms with Crippen LogP contribution in [0.5, 0.6) is 17.2 Å². The first-order chi connectivity index (χ1) is 13.4. The highest BCUT2D eigenvalue weighted by Gasteiger charge is 2.34. The molecular weight excluding hydrogens is 354 g/mol. The summed E-state index contributed by atoms with van der Waals surface area (Å²) in [6.07, 6.45) is 1.79. The van der Waals surface area contributed by atoms with E-state index in [-0.39, 0.29) is 17.6 Å². The summed E-state index contributed by atoms with van der Waals surface area (Å²) in [5.41, 5.74) is 1.82. The molecule has 0 aromatic heterocycles. The summed E-state index contributed by atoms with van der Waals surface area (Å²) >= 11 is 0. The van der Waals surface area contributed by atoms with Crippen molar-refractivity contribution in [1.82, 2.24) is 5.32 Å². The molecule has 2 aromatic carbocycles. The maximum Gasteiger partial charge on any atom is 0.220 e. The van der Waals surface area contributed by atoms with E-state index in [0.717, 1.165) is 22.8 Å². The van der Waals surface area contributed by atoms with Gasteiger partial charge in [0.1, 0.15) is 22.8 Å². The molecule has 0 saturated carbocycles. The van der Waals surface area contributed by atoms with E-state index in [4.69, 9.17) is 14.2 Å². The molecule has 0 spiro atoms. The molecular formula is C23H29NO4. The van der Waals surface area contributed by atoms with Crippen LogP contribution in [0.25, 0.3) is 0 Å². The van der Waals surface area contributed by atoms with Crippen LogP contribution in [0.3, 0.4) is 0 Å². The Bertz CT molecular complexity index is 814. The van der Waals surface area contributed by atoms with Gasteiger partial charge >= 0.3 is 0 Å². The van der Waals surface area contributed by atoms with Crippen molar-refractivity contribution in [2.45, 2.75) is 51.7 Å². The lowest BCUT2D eigenvalue weighted by molar-refractivity contribution is -0.122. The predicted octanol–water partition coefficient (Wildman–Crippen LogP) is 4.58. The SMILES string of the molecule is COc1ccc2c(c1)C(NC(=O)CCCOc1ccc(C)cc1)CC(C)(C)O2. The molecule has 5 nitrogen and oxygen atoms in total. The maximum absolute atomic E-state index is 12.5. The molecule has 150 valence electrons. The first kappa shape index (κ1) is 20.1. The first-order valence-corrected chi connectivity index (χ1v) is 9.72. The fourth-order valence-corrected chi connectivity index (χ4v) is 3.41. The summed E-state index contributed by atoms with van der Waals surface area (Å²) in [5.74, 6) is 2.40. The molecule has 28 heavy (non-hydrogen) atoms.